The highest BCUT2D eigenvalue weighted by Gasteiger charge is 2.39. The molecule has 9 aromatic rings. The second kappa shape index (κ2) is 11.8. The summed E-state index contributed by atoms with van der Waals surface area (Å²) in [6, 6.07) is 65.9. The van der Waals surface area contributed by atoms with Crippen molar-refractivity contribution in [1.82, 2.24) is 0 Å². The van der Waals surface area contributed by atoms with E-state index in [0.717, 1.165) is 11.2 Å². The third-order valence-electron chi connectivity index (χ3n) is 11.1. The van der Waals surface area contributed by atoms with Crippen molar-refractivity contribution in [3.8, 4) is 44.5 Å². The van der Waals surface area contributed by atoms with Crippen LogP contribution in [0.15, 0.2) is 186 Å². The normalized spacial score (nSPS) is 13.0. The van der Waals surface area contributed by atoms with E-state index in [4.69, 9.17) is 4.42 Å². The van der Waals surface area contributed by atoms with Gasteiger partial charge in [-0.25, -0.2) is 0 Å². The number of furan rings is 1. The summed E-state index contributed by atoms with van der Waals surface area (Å²) in [5.41, 5.74) is 14.2. The molecule has 0 unspecified atom stereocenters. The molecule has 10 rings (SSSR count). The van der Waals surface area contributed by atoms with Gasteiger partial charge in [-0.1, -0.05) is 178 Å². The lowest BCUT2D eigenvalue weighted by Crippen LogP contribution is -2.15. The van der Waals surface area contributed by atoms with Gasteiger partial charge in [0.15, 0.2) is 0 Å². The van der Waals surface area contributed by atoms with Crippen LogP contribution in [-0.4, -0.2) is 0 Å². The van der Waals surface area contributed by atoms with Crippen molar-refractivity contribution in [2.75, 3.05) is 0 Å². The Morgan fingerprint density at radius 2 is 0.923 bits per heavy atom. The zero-order chi connectivity index (χ0) is 34.8. The third-order valence-corrected chi connectivity index (χ3v) is 11.1. The van der Waals surface area contributed by atoms with Crippen LogP contribution in [0.3, 0.4) is 0 Å². The minimum atomic E-state index is -0.232. The van der Waals surface area contributed by atoms with Crippen LogP contribution in [0, 0.1) is 0 Å². The Morgan fingerprint density at radius 3 is 1.65 bits per heavy atom. The third kappa shape index (κ3) is 4.63. The Hall–Kier alpha value is -6.44. The summed E-state index contributed by atoms with van der Waals surface area (Å²) in [4.78, 5) is 0. The van der Waals surface area contributed by atoms with Crippen LogP contribution in [0.1, 0.15) is 25.0 Å². The molecule has 1 aromatic heterocycles. The molecule has 0 radical (unpaired) electrons. The molecule has 1 aliphatic carbocycles. The second-order valence-corrected chi connectivity index (χ2v) is 14.4. The summed E-state index contributed by atoms with van der Waals surface area (Å²) in [6.07, 6.45) is 0. The Morgan fingerprint density at radius 1 is 0.385 bits per heavy atom. The summed E-state index contributed by atoms with van der Waals surface area (Å²) < 4.78 is 6.63. The van der Waals surface area contributed by atoms with Gasteiger partial charge in [0.05, 0.1) is 0 Å². The van der Waals surface area contributed by atoms with E-state index in [9.17, 15) is 0 Å². The lowest BCUT2D eigenvalue weighted by molar-refractivity contribution is 0.664. The van der Waals surface area contributed by atoms with E-state index in [2.05, 4.69) is 196 Å². The van der Waals surface area contributed by atoms with Crippen LogP contribution < -0.4 is 0 Å². The van der Waals surface area contributed by atoms with E-state index in [1.165, 1.54) is 88.0 Å². The zero-order valence-electron chi connectivity index (χ0n) is 29.2. The quantitative estimate of drug-likeness (QED) is 0.183. The average Bonchev–Trinajstić information content (AvgIpc) is 3.69. The number of hydrogen-bond donors (Lipinski definition) is 0. The van der Waals surface area contributed by atoms with E-state index in [0.29, 0.717) is 0 Å². The molecule has 1 aliphatic rings. The molecule has 0 amide bonds. The maximum Gasteiger partial charge on any atom is 0.143 e. The van der Waals surface area contributed by atoms with Crippen LogP contribution in [-0.2, 0) is 5.41 Å². The Bertz CT molecular complexity index is 2920. The maximum atomic E-state index is 6.63. The molecule has 0 saturated carbocycles. The average molecular weight is 665 g/mol. The molecule has 0 spiro atoms. The van der Waals surface area contributed by atoms with Crippen molar-refractivity contribution in [3.63, 3.8) is 0 Å². The molecule has 8 aromatic carbocycles. The Balaban J connectivity index is 1.23. The van der Waals surface area contributed by atoms with Crippen molar-refractivity contribution in [2.24, 2.45) is 0 Å². The number of benzene rings is 7. The van der Waals surface area contributed by atoms with Crippen molar-refractivity contribution in [2.45, 2.75) is 19.3 Å². The molecule has 1 heterocycles. The summed E-state index contributed by atoms with van der Waals surface area (Å²) in [5, 5.41) is 7.24. The molecule has 0 atom stereocenters. The van der Waals surface area contributed by atoms with Crippen molar-refractivity contribution < 1.29 is 4.42 Å². The fraction of sp³-hybridized carbons (Fsp3) is 0.0588. The smallest absolute Gasteiger partial charge is 0.143 e. The minimum Gasteiger partial charge on any atom is -0.455 e. The molecule has 0 saturated heterocycles. The first-order valence-electron chi connectivity index (χ1n) is 18.1. The van der Waals surface area contributed by atoms with Gasteiger partial charge in [0.1, 0.15) is 11.2 Å². The van der Waals surface area contributed by atoms with Gasteiger partial charge in [-0.05, 0) is 90.0 Å². The number of fused-ring (bicyclic) bond motifs is 11. The van der Waals surface area contributed by atoms with Crippen molar-refractivity contribution in [1.29, 1.82) is 0 Å². The highest BCUT2D eigenvalue weighted by molar-refractivity contribution is 6.24. The molecule has 0 N–H and O–H groups in total. The predicted octanol–water partition coefficient (Wildman–Crippen LogP) is 14.3. The Kier molecular flexibility index (Phi) is 6.91. The van der Waals surface area contributed by atoms with Crippen LogP contribution in [0.4, 0.5) is 0 Å². The van der Waals surface area contributed by atoms with E-state index < -0.39 is 0 Å². The van der Waals surface area contributed by atoms with Gasteiger partial charge in [-0.15, -0.1) is 0 Å². The SMILES string of the molecule is CC1(C)c2cc(-c3ccccccc(-c4cccc(-c5ccccc5)c4)c4ccccc34)ccc2-c2c1c1ccccc1c1oc3ccccc3c21. The van der Waals surface area contributed by atoms with Crippen LogP contribution in [0.2, 0.25) is 0 Å². The standard InChI is InChI=1S/C51H36O/c1-51(2)45-32-36(29-30-43(45)47-48-44-27-14-15-28-46(44)52-50(48)42-26-13-12-25-41(42)49(47)51)38-22-9-4-3-8-21-37(39-23-10-11-24-40(38)39)35-20-16-19-34(31-35)33-17-6-5-7-18-33/h3-32H,1-2H3. The number of para-hydroxylation sites is 1. The van der Waals surface area contributed by atoms with Gasteiger partial charge in [0.25, 0.3) is 0 Å². The molecule has 0 aliphatic heterocycles. The van der Waals surface area contributed by atoms with Crippen LogP contribution in [0.5, 0.6) is 0 Å². The van der Waals surface area contributed by atoms with Gasteiger partial charge in [-0.2, -0.15) is 0 Å². The molecule has 0 fully saturated rings. The van der Waals surface area contributed by atoms with Crippen LogP contribution >= 0.6 is 0 Å². The number of hydrogen-bond acceptors (Lipinski definition) is 1. The molecule has 246 valence electrons. The lowest BCUT2D eigenvalue weighted by atomic mass is 9.79. The van der Waals surface area contributed by atoms with Crippen molar-refractivity contribution in [3.05, 3.63) is 193 Å². The van der Waals surface area contributed by atoms with Gasteiger partial charge in [-0.3, -0.25) is 0 Å². The van der Waals surface area contributed by atoms with Crippen molar-refractivity contribution >= 4 is 43.5 Å². The fourth-order valence-corrected chi connectivity index (χ4v) is 8.71. The predicted molar refractivity (Wildman–Crippen MR) is 220 cm³/mol. The van der Waals surface area contributed by atoms with E-state index in [-0.39, 0.29) is 5.41 Å². The molecular weight excluding hydrogens is 629 g/mol. The summed E-state index contributed by atoms with van der Waals surface area (Å²) in [6.45, 7) is 4.78. The highest BCUT2D eigenvalue weighted by atomic mass is 16.3. The maximum absolute atomic E-state index is 6.63. The molecule has 0 bridgehead atoms. The van der Waals surface area contributed by atoms with Crippen LogP contribution in [0.25, 0.3) is 88.0 Å². The molecular formula is C51H36O. The first-order chi connectivity index (χ1) is 25.6. The highest BCUT2D eigenvalue weighted by Crippen LogP contribution is 2.56. The molecule has 1 heteroatoms. The van der Waals surface area contributed by atoms with E-state index in [1.54, 1.807) is 0 Å². The second-order valence-electron chi connectivity index (χ2n) is 14.4. The minimum absolute atomic E-state index is 0.232. The summed E-state index contributed by atoms with van der Waals surface area (Å²) in [5.74, 6) is 0. The van der Waals surface area contributed by atoms with Gasteiger partial charge in [0.2, 0.25) is 0 Å². The lowest BCUT2D eigenvalue weighted by Gasteiger charge is -2.24. The van der Waals surface area contributed by atoms with Gasteiger partial charge < -0.3 is 4.42 Å². The summed E-state index contributed by atoms with van der Waals surface area (Å²) in [7, 11) is 0. The zero-order valence-corrected chi connectivity index (χ0v) is 29.2. The van der Waals surface area contributed by atoms with Gasteiger partial charge in [0, 0.05) is 21.6 Å². The largest absolute Gasteiger partial charge is 0.455 e. The summed E-state index contributed by atoms with van der Waals surface area (Å²) >= 11 is 0. The fourth-order valence-electron chi connectivity index (χ4n) is 8.71. The number of rotatable bonds is 3. The Labute approximate surface area is 303 Å². The van der Waals surface area contributed by atoms with E-state index >= 15 is 0 Å². The van der Waals surface area contributed by atoms with Gasteiger partial charge >= 0.3 is 0 Å². The monoisotopic (exact) mass is 664 g/mol. The topological polar surface area (TPSA) is 13.1 Å². The molecule has 1 nitrogen and oxygen atoms in total. The molecule has 52 heavy (non-hydrogen) atoms. The first-order valence-corrected chi connectivity index (χ1v) is 18.1. The first kappa shape index (κ1) is 30.4. The van der Waals surface area contributed by atoms with E-state index in [1.807, 2.05) is 0 Å².